The molecular formula is C7H10FNO. The molecule has 0 radical (unpaired) electrons. The molecule has 0 aromatic rings. The summed E-state index contributed by atoms with van der Waals surface area (Å²) in [5.74, 6) is -0.606. The van der Waals surface area contributed by atoms with Gasteiger partial charge in [0, 0.05) is 5.92 Å². The maximum absolute atomic E-state index is 12.5. The molecule has 10 heavy (non-hydrogen) atoms. The Bertz CT molecular complexity index is 176. The lowest BCUT2D eigenvalue weighted by molar-refractivity contribution is 0.179. The average molecular weight is 143 g/mol. The summed E-state index contributed by atoms with van der Waals surface area (Å²) in [7, 11) is 0. The van der Waals surface area contributed by atoms with Crippen LogP contribution in [0.5, 0.6) is 0 Å². The van der Waals surface area contributed by atoms with Gasteiger partial charge in [-0.25, -0.2) is 4.39 Å². The first-order valence-corrected chi connectivity index (χ1v) is 3.14. The fraction of sp³-hybridized carbons (Fsp3) is 0.429. The third-order valence-electron chi connectivity index (χ3n) is 1.57. The van der Waals surface area contributed by atoms with Gasteiger partial charge in [0.25, 0.3) is 0 Å². The number of nitrogens with two attached hydrogens (primary N) is 1. The summed E-state index contributed by atoms with van der Waals surface area (Å²) in [6.07, 6.45) is 1.91. The molecule has 1 rings (SSSR count). The summed E-state index contributed by atoms with van der Waals surface area (Å²) in [5, 5.41) is 9.05. The van der Waals surface area contributed by atoms with Gasteiger partial charge >= 0.3 is 0 Å². The highest BCUT2D eigenvalue weighted by Gasteiger charge is 2.17. The molecule has 0 aromatic heterocycles. The highest BCUT2D eigenvalue weighted by molar-refractivity contribution is 5.28. The van der Waals surface area contributed by atoms with Crippen molar-refractivity contribution in [3.05, 3.63) is 23.7 Å². The standard InChI is InChI=1S/C7H10FNO/c1-4-2-6(9)5(8)3-7(4)10/h2-4,7,10H,9H2,1H3. The van der Waals surface area contributed by atoms with Crippen LogP contribution in [-0.4, -0.2) is 11.2 Å². The molecule has 0 amide bonds. The Morgan fingerprint density at radius 2 is 2.20 bits per heavy atom. The van der Waals surface area contributed by atoms with Gasteiger partial charge in [0.2, 0.25) is 0 Å². The molecule has 0 fully saturated rings. The molecule has 3 N–H and O–H groups in total. The van der Waals surface area contributed by atoms with Crippen LogP contribution < -0.4 is 5.73 Å². The van der Waals surface area contributed by atoms with Gasteiger partial charge in [0.15, 0.2) is 0 Å². The van der Waals surface area contributed by atoms with Crippen LogP contribution in [0.15, 0.2) is 23.7 Å². The summed E-state index contributed by atoms with van der Waals surface area (Å²) in [6, 6.07) is 0. The maximum Gasteiger partial charge on any atom is 0.144 e. The molecule has 0 bridgehead atoms. The van der Waals surface area contributed by atoms with Crippen molar-refractivity contribution in [1.29, 1.82) is 0 Å². The number of rotatable bonds is 0. The zero-order valence-corrected chi connectivity index (χ0v) is 5.71. The number of aliphatic hydroxyl groups is 1. The molecule has 56 valence electrons. The SMILES string of the molecule is CC1C=C(N)C(F)=CC1O. The number of hydrogen-bond acceptors (Lipinski definition) is 2. The first kappa shape index (κ1) is 7.28. The average Bonchev–Trinajstić information content (AvgIpc) is 1.84. The highest BCUT2D eigenvalue weighted by atomic mass is 19.1. The minimum Gasteiger partial charge on any atom is -0.397 e. The molecule has 0 spiro atoms. The van der Waals surface area contributed by atoms with E-state index in [0.29, 0.717) is 0 Å². The molecule has 0 saturated heterocycles. The van der Waals surface area contributed by atoms with Crippen molar-refractivity contribution in [2.45, 2.75) is 13.0 Å². The predicted octanol–water partition coefficient (Wildman–Crippen LogP) is 0.693. The lowest BCUT2D eigenvalue weighted by atomic mass is 9.98. The maximum atomic E-state index is 12.5. The van der Waals surface area contributed by atoms with Gasteiger partial charge in [-0.15, -0.1) is 0 Å². The van der Waals surface area contributed by atoms with Crippen molar-refractivity contribution < 1.29 is 9.50 Å². The molecule has 2 unspecified atom stereocenters. The molecule has 0 aliphatic heterocycles. The minimum absolute atomic E-state index is 0.0838. The Balaban J connectivity index is 2.83. The van der Waals surface area contributed by atoms with E-state index in [9.17, 15) is 4.39 Å². The summed E-state index contributed by atoms with van der Waals surface area (Å²) in [5.41, 5.74) is 5.36. The van der Waals surface area contributed by atoms with E-state index in [2.05, 4.69) is 0 Å². The number of aliphatic hydroxyl groups excluding tert-OH is 1. The van der Waals surface area contributed by atoms with Crippen LogP contribution >= 0.6 is 0 Å². The van der Waals surface area contributed by atoms with Crippen LogP contribution in [0.2, 0.25) is 0 Å². The van der Waals surface area contributed by atoms with Gasteiger partial charge in [-0.3, -0.25) is 0 Å². The number of allylic oxidation sites excluding steroid dienone is 1. The van der Waals surface area contributed by atoms with E-state index in [4.69, 9.17) is 10.8 Å². The van der Waals surface area contributed by atoms with Gasteiger partial charge < -0.3 is 10.8 Å². The fourth-order valence-electron chi connectivity index (χ4n) is 0.859. The Morgan fingerprint density at radius 1 is 1.60 bits per heavy atom. The topological polar surface area (TPSA) is 46.2 Å². The van der Waals surface area contributed by atoms with Crippen molar-refractivity contribution in [3.63, 3.8) is 0 Å². The van der Waals surface area contributed by atoms with Crippen LogP contribution in [0.4, 0.5) is 4.39 Å². The van der Waals surface area contributed by atoms with Crippen LogP contribution in [0.3, 0.4) is 0 Å². The van der Waals surface area contributed by atoms with Gasteiger partial charge in [0.1, 0.15) is 5.83 Å². The molecule has 3 heteroatoms. The third-order valence-corrected chi connectivity index (χ3v) is 1.57. The van der Waals surface area contributed by atoms with Crippen LogP contribution in [-0.2, 0) is 0 Å². The molecule has 0 heterocycles. The van der Waals surface area contributed by atoms with E-state index < -0.39 is 11.9 Å². The van der Waals surface area contributed by atoms with E-state index in [1.807, 2.05) is 0 Å². The minimum atomic E-state index is -0.729. The molecule has 0 aromatic carbocycles. The first-order valence-electron chi connectivity index (χ1n) is 3.14. The summed E-state index contributed by atoms with van der Waals surface area (Å²) >= 11 is 0. The summed E-state index contributed by atoms with van der Waals surface area (Å²) in [4.78, 5) is 0. The highest BCUT2D eigenvalue weighted by Crippen LogP contribution is 2.20. The first-order chi connectivity index (χ1) is 4.61. The van der Waals surface area contributed by atoms with Crippen molar-refractivity contribution in [3.8, 4) is 0 Å². The fourth-order valence-corrected chi connectivity index (χ4v) is 0.859. The van der Waals surface area contributed by atoms with E-state index in [1.54, 1.807) is 6.92 Å². The molecule has 2 nitrogen and oxygen atoms in total. The third kappa shape index (κ3) is 1.19. The second-order valence-electron chi connectivity index (χ2n) is 2.49. The lowest BCUT2D eigenvalue weighted by Gasteiger charge is -2.16. The van der Waals surface area contributed by atoms with Crippen LogP contribution in [0.25, 0.3) is 0 Å². The van der Waals surface area contributed by atoms with Crippen molar-refractivity contribution in [2.75, 3.05) is 0 Å². The van der Waals surface area contributed by atoms with E-state index in [-0.39, 0.29) is 11.6 Å². The Kier molecular flexibility index (Phi) is 1.76. The van der Waals surface area contributed by atoms with E-state index in [0.717, 1.165) is 6.08 Å². The molecule has 1 aliphatic rings. The smallest absolute Gasteiger partial charge is 0.144 e. The lowest BCUT2D eigenvalue weighted by Crippen LogP contribution is -2.19. The van der Waals surface area contributed by atoms with Gasteiger partial charge in [-0.05, 0) is 6.08 Å². The second kappa shape index (κ2) is 2.42. The van der Waals surface area contributed by atoms with Gasteiger partial charge in [-0.1, -0.05) is 13.0 Å². The molecule has 1 aliphatic carbocycles. The van der Waals surface area contributed by atoms with Crippen molar-refractivity contribution in [2.24, 2.45) is 11.7 Å². The Labute approximate surface area is 58.8 Å². The molecular weight excluding hydrogens is 133 g/mol. The summed E-state index contributed by atoms with van der Waals surface area (Å²) < 4.78 is 12.5. The zero-order chi connectivity index (χ0) is 7.72. The Hall–Kier alpha value is -0.830. The van der Waals surface area contributed by atoms with Gasteiger partial charge in [-0.2, -0.15) is 0 Å². The number of hydrogen-bond donors (Lipinski definition) is 2. The van der Waals surface area contributed by atoms with E-state index in [1.165, 1.54) is 6.08 Å². The largest absolute Gasteiger partial charge is 0.397 e. The van der Waals surface area contributed by atoms with Crippen molar-refractivity contribution >= 4 is 0 Å². The van der Waals surface area contributed by atoms with Crippen LogP contribution in [0, 0.1) is 5.92 Å². The Morgan fingerprint density at radius 3 is 2.70 bits per heavy atom. The monoisotopic (exact) mass is 143 g/mol. The van der Waals surface area contributed by atoms with Gasteiger partial charge in [0.05, 0.1) is 11.8 Å². The normalized spacial score (nSPS) is 33.1. The second-order valence-corrected chi connectivity index (χ2v) is 2.49. The van der Waals surface area contributed by atoms with E-state index >= 15 is 0 Å². The van der Waals surface area contributed by atoms with Crippen LogP contribution in [0.1, 0.15) is 6.92 Å². The molecule has 2 atom stereocenters. The predicted molar refractivity (Wildman–Crippen MR) is 36.6 cm³/mol. The van der Waals surface area contributed by atoms with Crippen molar-refractivity contribution in [1.82, 2.24) is 0 Å². The molecule has 0 saturated carbocycles. The zero-order valence-electron chi connectivity index (χ0n) is 5.71. The number of halogens is 1. The summed E-state index contributed by atoms with van der Waals surface area (Å²) in [6.45, 7) is 1.78. The quantitative estimate of drug-likeness (QED) is 0.524.